The fraction of sp³-hybridized carbons (Fsp3) is 0. The van der Waals surface area contributed by atoms with Crippen LogP contribution < -0.4 is 29.6 Å². The van der Waals surface area contributed by atoms with E-state index in [1.54, 1.807) is 0 Å². The molecule has 2 nitrogen and oxygen atoms in total. The summed E-state index contributed by atoms with van der Waals surface area (Å²) in [6.07, 6.45) is 1.95. The molecule has 0 aliphatic rings. The van der Waals surface area contributed by atoms with Gasteiger partial charge in [-0.1, -0.05) is 18.2 Å². The molecule has 13 heavy (non-hydrogen) atoms. The van der Waals surface area contributed by atoms with Crippen molar-refractivity contribution in [1.82, 2.24) is 4.98 Å². The minimum absolute atomic E-state index is 0. The van der Waals surface area contributed by atoms with Gasteiger partial charge in [0.05, 0.1) is 7.85 Å². The number of rotatable bonds is 0. The SMILES string of the molecule is [BH3-]C#N.[Na+].c1ccc2[nH]ccc2c1. The summed E-state index contributed by atoms with van der Waals surface area (Å²) in [6, 6.07) is 10.3. The van der Waals surface area contributed by atoms with Crippen molar-refractivity contribution in [2.24, 2.45) is 0 Å². The first-order valence-electron chi connectivity index (χ1n) is 3.21. The Labute approximate surface area is 101 Å². The number of nitrogens with zero attached hydrogens (tertiary/aromatic N) is 1. The van der Waals surface area contributed by atoms with Crippen molar-refractivity contribution in [2.45, 2.75) is 0 Å². The molecule has 0 saturated carbocycles. The number of para-hydroxylation sites is 1. The summed E-state index contributed by atoms with van der Waals surface area (Å²) in [5.41, 5.74) is 1.21. The molecule has 2 rings (SSSR count). The molecule has 0 atom stereocenters. The maximum Gasteiger partial charge on any atom is 1.00 e. The van der Waals surface area contributed by atoms with E-state index in [0.29, 0.717) is 0 Å². The quantitative estimate of drug-likeness (QED) is 0.468. The normalized spacial score (nSPS) is 7.69. The number of H-pyrrole nitrogens is 1. The molecule has 0 aliphatic carbocycles. The Morgan fingerprint density at radius 2 is 1.85 bits per heavy atom. The molecular weight excluding hydrogens is 170 g/mol. The zero-order valence-electron chi connectivity index (χ0n) is 6.91. The summed E-state index contributed by atoms with van der Waals surface area (Å²) in [4.78, 5) is 3.12. The molecule has 1 heterocycles. The summed E-state index contributed by atoms with van der Waals surface area (Å²) in [5, 5.41) is 8.71. The van der Waals surface area contributed by atoms with Gasteiger partial charge in [-0.3, -0.25) is 5.26 Å². The number of aromatic amines is 1. The van der Waals surface area contributed by atoms with Gasteiger partial charge < -0.3 is 4.98 Å². The second kappa shape index (κ2) is 6.79. The van der Waals surface area contributed by atoms with E-state index in [4.69, 9.17) is 5.26 Å². The number of fused-ring (bicyclic) bond motifs is 1. The smallest absolute Gasteiger partial charge is 0.361 e. The Bertz CT molecular complexity index is 361. The van der Waals surface area contributed by atoms with Gasteiger partial charge in [-0.25, -0.2) is 0 Å². The minimum atomic E-state index is 0. The van der Waals surface area contributed by atoms with Crippen molar-refractivity contribution in [3.05, 3.63) is 36.5 Å². The van der Waals surface area contributed by atoms with Gasteiger partial charge in [-0.05, 0) is 17.5 Å². The third kappa shape index (κ3) is 3.69. The number of nitrogens with one attached hydrogen (secondary N) is 1. The molecule has 1 N–H and O–H groups in total. The number of hydrogen-bond donors (Lipinski definition) is 1. The van der Waals surface area contributed by atoms with Gasteiger partial charge in [-0.15, -0.1) is 0 Å². The molecule has 2 aromatic rings. The van der Waals surface area contributed by atoms with Gasteiger partial charge in [0.2, 0.25) is 0 Å². The van der Waals surface area contributed by atoms with E-state index < -0.39 is 0 Å². The van der Waals surface area contributed by atoms with Gasteiger partial charge in [0.15, 0.2) is 0 Å². The summed E-state index contributed by atoms with van der Waals surface area (Å²) in [6.45, 7) is 0. The van der Waals surface area contributed by atoms with Crippen LogP contribution in [0.3, 0.4) is 0 Å². The van der Waals surface area contributed by atoms with Crippen molar-refractivity contribution < 1.29 is 29.6 Å². The van der Waals surface area contributed by atoms with E-state index in [-0.39, 0.29) is 37.4 Å². The fourth-order valence-electron chi connectivity index (χ4n) is 0.995. The number of benzene rings is 1. The standard InChI is InChI=1S/C8H7N.CH3BN.Na/c1-2-4-8-7(3-1)5-6-9-8;2-1-3;/h1-6,9H;2H3;/q;-1;+1. The Balaban J connectivity index is 0.000000324. The molecule has 0 saturated heterocycles. The summed E-state index contributed by atoms with van der Waals surface area (Å²) < 4.78 is 0. The van der Waals surface area contributed by atoms with Gasteiger partial charge in [0, 0.05) is 11.7 Å². The second-order valence-electron chi connectivity index (χ2n) is 2.06. The number of aromatic nitrogens is 1. The first-order valence-corrected chi connectivity index (χ1v) is 3.21. The van der Waals surface area contributed by atoms with E-state index >= 15 is 0 Å². The molecule has 0 radical (unpaired) electrons. The van der Waals surface area contributed by atoms with Crippen LogP contribution in [-0.2, 0) is 0 Å². The van der Waals surface area contributed by atoms with Gasteiger partial charge in [0.1, 0.15) is 0 Å². The van der Waals surface area contributed by atoms with E-state index in [2.05, 4.69) is 23.2 Å². The van der Waals surface area contributed by atoms with Crippen LogP contribution in [0.15, 0.2) is 36.5 Å². The third-order valence-corrected chi connectivity index (χ3v) is 1.46. The molecule has 0 spiro atoms. The average molecular weight is 180 g/mol. The van der Waals surface area contributed by atoms with Crippen LogP contribution in [0.5, 0.6) is 0 Å². The first-order chi connectivity index (χ1) is 5.88. The van der Waals surface area contributed by atoms with Crippen LogP contribution >= 0.6 is 0 Å². The van der Waals surface area contributed by atoms with Crippen molar-refractivity contribution >= 4 is 18.7 Å². The maximum absolute atomic E-state index is 7.43. The third-order valence-electron chi connectivity index (χ3n) is 1.46. The molecule has 0 aliphatic heterocycles. The molecule has 0 fully saturated rings. The molecule has 1 aromatic carbocycles. The van der Waals surface area contributed by atoms with Gasteiger partial charge in [-0.2, -0.15) is 5.97 Å². The predicted molar refractivity (Wildman–Crippen MR) is 53.9 cm³/mol. The number of nitriles is 1. The molecular formula is C9H10BN2Na. The van der Waals surface area contributed by atoms with Crippen LogP contribution in [0.25, 0.3) is 10.9 Å². The monoisotopic (exact) mass is 180 g/mol. The van der Waals surface area contributed by atoms with Gasteiger partial charge in [0.25, 0.3) is 0 Å². The Kier molecular flexibility index (Phi) is 6.43. The van der Waals surface area contributed by atoms with Crippen LogP contribution in [0.4, 0.5) is 0 Å². The first kappa shape index (κ1) is 12.3. The summed E-state index contributed by atoms with van der Waals surface area (Å²) in [7, 11) is 0.0694. The predicted octanol–water partition coefficient (Wildman–Crippen LogP) is -2.00. The minimum Gasteiger partial charge on any atom is -0.361 e. The Morgan fingerprint density at radius 1 is 1.23 bits per heavy atom. The van der Waals surface area contributed by atoms with Crippen molar-refractivity contribution in [3.63, 3.8) is 0 Å². The zero-order valence-corrected chi connectivity index (χ0v) is 8.91. The molecule has 60 valence electrons. The Morgan fingerprint density at radius 3 is 2.46 bits per heavy atom. The molecule has 0 bridgehead atoms. The van der Waals surface area contributed by atoms with E-state index in [9.17, 15) is 0 Å². The molecule has 4 heteroatoms. The van der Waals surface area contributed by atoms with E-state index in [1.165, 1.54) is 10.9 Å². The van der Waals surface area contributed by atoms with E-state index in [0.717, 1.165) is 0 Å². The summed E-state index contributed by atoms with van der Waals surface area (Å²) in [5.74, 6) is 2.00. The van der Waals surface area contributed by atoms with Crippen LogP contribution in [0.2, 0.25) is 0 Å². The van der Waals surface area contributed by atoms with E-state index in [1.807, 2.05) is 24.3 Å². The van der Waals surface area contributed by atoms with Crippen LogP contribution in [0.1, 0.15) is 0 Å². The average Bonchev–Trinajstić information content (AvgIpc) is 2.52. The second-order valence-corrected chi connectivity index (χ2v) is 2.06. The van der Waals surface area contributed by atoms with Crippen LogP contribution in [0, 0.1) is 11.2 Å². The summed E-state index contributed by atoms with van der Waals surface area (Å²) >= 11 is 0. The molecule has 0 unspecified atom stereocenters. The van der Waals surface area contributed by atoms with Crippen molar-refractivity contribution in [1.29, 1.82) is 5.26 Å². The number of hydrogen-bond acceptors (Lipinski definition) is 1. The Hall–Kier alpha value is -0.685. The fourth-order valence-corrected chi connectivity index (χ4v) is 0.995. The largest absolute Gasteiger partial charge is 1.00 e. The van der Waals surface area contributed by atoms with Crippen LogP contribution in [-0.4, -0.2) is 12.8 Å². The maximum atomic E-state index is 7.43. The van der Waals surface area contributed by atoms with Gasteiger partial charge >= 0.3 is 29.6 Å². The topological polar surface area (TPSA) is 39.6 Å². The molecule has 1 aromatic heterocycles. The van der Waals surface area contributed by atoms with Crippen molar-refractivity contribution in [3.8, 4) is 5.97 Å². The zero-order chi connectivity index (χ0) is 8.81. The van der Waals surface area contributed by atoms with Crippen molar-refractivity contribution in [2.75, 3.05) is 0 Å². The molecule has 0 amide bonds.